The molecule has 0 spiro atoms. The van der Waals surface area contributed by atoms with E-state index in [4.69, 9.17) is 0 Å². The minimum atomic E-state index is -3.51. The zero-order valence-corrected chi connectivity index (χ0v) is 15.5. The standard InChI is InChI=1S/C15H24N2O4S2/c1-15(19,9-10-22-4)11-16-14(18)12-5-7-13(8-6-12)23(20,21)17(2)3/h5-8,19H,9-11H2,1-4H3,(H,16,18). The fraction of sp³-hybridized carbons (Fsp3) is 0.533. The molecule has 0 heterocycles. The van der Waals surface area contributed by atoms with E-state index >= 15 is 0 Å². The van der Waals surface area contributed by atoms with E-state index < -0.39 is 15.6 Å². The maximum absolute atomic E-state index is 12.1. The van der Waals surface area contributed by atoms with Gasteiger partial charge in [-0.25, -0.2) is 12.7 Å². The van der Waals surface area contributed by atoms with Gasteiger partial charge in [0.1, 0.15) is 0 Å². The summed E-state index contributed by atoms with van der Waals surface area (Å²) in [6.45, 7) is 1.82. The van der Waals surface area contributed by atoms with Gasteiger partial charge in [0.2, 0.25) is 10.0 Å². The van der Waals surface area contributed by atoms with Crippen molar-refractivity contribution >= 4 is 27.7 Å². The van der Waals surface area contributed by atoms with Crippen molar-refractivity contribution in [3.05, 3.63) is 29.8 Å². The maximum atomic E-state index is 12.1. The molecular formula is C15H24N2O4S2. The van der Waals surface area contributed by atoms with Crippen molar-refractivity contribution in [2.45, 2.75) is 23.8 Å². The van der Waals surface area contributed by atoms with Crippen molar-refractivity contribution in [3.8, 4) is 0 Å². The lowest BCUT2D eigenvalue weighted by Crippen LogP contribution is -2.41. The van der Waals surface area contributed by atoms with Crippen molar-refractivity contribution < 1.29 is 18.3 Å². The Hall–Kier alpha value is -1.09. The summed E-state index contributed by atoms with van der Waals surface area (Å²) in [7, 11) is -0.604. The lowest BCUT2D eigenvalue weighted by atomic mass is 10.0. The third-order valence-electron chi connectivity index (χ3n) is 3.37. The van der Waals surface area contributed by atoms with E-state index in [1.165, 1.54) is 38.4 Å². The molecule has 1 rings (SSSR count). The number of sulfonamides is 1. The molecule has 1 atom stereocenters. The van der Waals surface area contributed by atoms with Crippen molar-refractivity contribution in [2.75, 3.05) is 32.6 Å². The molecule has 23 heavy (non-hydrogen) atoms. The van der Waals surface area contributed by atoms with Crippen molar-refractivity contribution in [3.63, 3.8) is 0 Å². The second-order valence-corrected chi connectivity index (χ2v) is 8.87. The van der Waals surface area contributed by atoms with Crippen LogP contribution >= 0.6 is 11.8 Å². The van der Waals surface area contributed by atoms with Gasteiger partial charge in [-0.15, -0.1) is 0 Å². The predicted octanol–water partition coefficient (Wildman–Crippen LogP) is 1.17. The van der Waals surface area contributed by atoms with Crippen molar-refractivity contribution in [2.24, 2.45) is 0 Å². The summed E-state index contributed by atoms with van der Waals surface area (Å²) in [5.41, 5.74) is -0.615. The molecule has 0 fully saturated rings. The number of benzene rings is 1. The van der Waals surface area contributed by atoms with Gasteiger partial charge in [0.05, 0.1) is 10.5 Å². The molecule has 0 aromatic heterocycles. The van der Waals surface area contributed by atoms with Gasteiger partial charge >= 0.3 is 0 Å². The SMILES string of the molecule is CSCCC(C)(O)CNC(=O)c1ccc(S(=O)(=O)N(C)C)cc1. The summed E-state index contributed by atoms with van der Waals surface area (Å²) >= 11 is 1.63. The van der Waals surface area contributed by atoms with Gasteiger partial charge in [-0.3, -0.25) is 4.79 Å². The van der Waals surface area contributed by atoms with E-state index in [1.807, 2.05) is 6.26 Å². The smallest absolute Gasteiger partial charge is 0.251 e. The highest BCUT2D eigenvalue weighted by molar-refractivity contribution is 7.98. The highest BCUT2D eigenvalue weighted by Crippen LogP contribution is 2.15. The van der Waals surface area contributed by atoms with Crippen molar-refractivity contribution in [1.29, 1.82) is 0 Å². The number of hydrogen-bond acceptors (Lipinski definition) is 5. The second-order valence-electron chi connectivity index (χ2n) is 5.73. The summed E-state index contributed by atoms with van der Waals surface area (Å²) in [5.74, 6) is 0.461. The van der Waals surface area contributed by atoms with Crippen LogP contribution in [0.25, 0.3) is 0 Å². The zero-order valence-electron chi connectivity index (χ0n) is 13.9. The van der Waals surface area contributed by atoms with Gasteiger partial charge in [-0.05, 0) is 49.6 Å². The second kappa shape index (κ2) is 8.14. The molecule has 0 radical (unpaired) electrons. The van der Waals surface area contributed by atoms with Crippen LogP contribution in [0.2, 0.25) is 0 Å². The van der Waals surface area contributed by atoms with Crippen LogP contribution in [0.15, 0.2) is 29.2 Å². The van der Waals surface area contributed by atoms with Crippen LogP contribution in [0.4, 0.5) is 0 Å². The molecule has 0 aliphatic carbocycles. The Balaban J connectivity index is 2.72. The highest BCUT2D eigenvalue weighted by Gasteiger charge is 2.21. The van der Waals surface area contributed by atoms with Crippen LogP contribution in [0.5, 0.6) is 0 Å². The highest BCUT2D eigenvalue weighted by atomic mass is 32.2. The summed E-state index contributed by atoms with van der Waals surface area (Å²) in [4.78, 5) is 12.2. The molecule has 0 aliphatic heterocycles. The summed E-state index contributed by atoms with van der Waals surface area (Å²) < 4.78 is 25.0. The Morgan fingerprint density at radius 1 is 1.30 bits per heavy atom. The number of hydrogen-bond donors (Lipinski definition) is 2. The van der Waals surface area contributed by atoms with E-state index in [2.05, 4.69) is 5.32 Å². The van der Waals surface area contributed by atoms with Crippen LogP contribution in [-0.4, -0.2) is 62.0 Å². The number of rotatable bonds is 8. The van der Waals surface area contributed by atoms with Crippen LogP contribution in [0.3, 0.4) is 0 Å². The van der Waals surface area contributed by atoms with E-state index in [-0.39, 0.29) is 17.3 Å². The monoisotopic (exact) mass is 360 g/mol. The van der Waals surface area contributed by atoms with Crippen LogP contribution in [0, 0.1) is 0 Å². The Kier molecular flexibility index (Phi) is 7.06. The molecule has 1 aromatic carbocycles. The third-order valence-corrected chi connectivity index (χ3v) is 5.81. The topological polar surface area (TPSA) is 86.7 Å². The van der Waals surface area contributed by atoms with Crippen molar-refractivity contribution in [1.82, 2.24) is 9.62 Å². The first kappa shape index (κ1) is 20.0. The number of nitrogens with one attached hydrogen (secondary N) is 1. The first-order chi connectivity index (χ1) is 10.6. The zero-order chi connectivity index (χ0) is 17.7. The van der Waals surface area contributed by atoms with Gasteiger partial charge in [-0.2, -0.15) is 11.8 Å². The number of carbonyl (C=O) groups is 1. The molecule has 0 aliphatic rings. The molecule has 130 valence electrons. The third kappa shape index (κ3) is 5.80. The summed E-state index contributed by atoms with van der Waals surface area (Å²) in [6.07, 6.45) is 2.53. The minimum absolute atomic E-state index is 0.131. The lowest BCUT2D eigenvalue weighted by Gasteiger charge is -2.23. The summed E-state index contributed by atoms with van der Waals surface area (Å²) in [6, 6.07) is 5.72. The van der Waals surface area contributed by atoms with E-state index in [9.17, 15) is 18.3 Å². The van der Waals surface area contributed by atoms with Crippen LogP contribution in [0.1, 0.15) is 23.7 Å². The molecule has 1 unspecified atom stereocenters. The Labute approximate surface area is 142 Å². The first-order valence-corrected chi connectivity index (χ1v) is 9.96. The minimum Gasteiger partial charge on any atom is -0.388 e. The first-order valence-electron chi connectivity index (χ1n) is 7.12. The molecule has 0 bridgehead atoms. The molecule has 8 heteroatoms. The van der Waals surface area contributed by atoms with E-state index in [0.29, 0.717) is 12.0 Å². The fourth-order valence-electron chi connectivity index (χ4n) is 1.77. The molecule has 0 saturated heterocycles. The average Bonchev–Trinajstić information content (AvgIpc) is 2.50. The molecule has 1 amide bonds. The van der Waals surface area contributed by atoms with E-state index in [1.54, 1.807) is 18.7 Å². The summed E-state index contributed by atoms with van der Waals surface area (Å²) in [5, 5.41) is 12.8. The van der Waals surface area contributed by atoms with Gasteiger partial charge in [0.25, 0.3) is 5.91 Å². The van der Waals surface area contributed by atoms with Gasteiger partial charge < -0.3 is 10.4 Å². The van der Waals surface area contributed by atoms with Crippen LogP contribution < -0.4 is 5.32 Å². The molecule has 6 nitrogen and oxygen atoms in total. The Bertz CT molecular complexity index is 625. The number of amides is 1. The van der Waals surface area contributed by atoms with Crippen LogP contribution in [-0.2, 0) is 10.0 Å². The molecule has 2 N–H and O–H groups in total. The maximum Gasteiger partial charge on any atom is 0.251 e. The molecule has 0 saturated carbocycles. The fourth-order valence-corrected chi connectivity index (χ4v) is 3.32. The predicted molar refractivity (Wildman–Crippen MR) is 93.3 cm³/mol. The van der Waals surface area contributed by atoms with Gasteiger partial charge in [0.15, 0.2) is 0 Å². The quantitative estimate of drug-likeness (QED) is 0.727. The number of thioether (sulfide) groups is 1. The molecular weight excluding hydrogens is 336 g/mol. The Morgan fingerprint density at radius 2 is 1.87 bits per heavy atom. The number of nitrogens with zero attached hydrogens (tertiary/aromatic N) is 1. The Morgan fingerprint density at radius 3 is 2.35 bits per heavy atom. The number of carbonyl (C=O) groups excluding carboxylic acids is 1. The lowest BCUT2D eigenvalue weighted by molar-refractivity contribution is 0.0528. The normalized spacial score (nSPS) is 14.5. The number of aliphatic hydroxyl groups is 1. The van der Waals surface area contributed by atoms with E-state index in [0.717, 1.165) is 10.1 Å². The van der Waals surface area contributed by atoms with Gasteiger partial charge in [-0.1, -0.05) is 0 Å². The largest absolute Gasteiger partial charge is 0.388 e. The van der Waals surface area contributed by atoms with Gasteiger partial charge in [0, 0.05) is 26.2 Å². The average molecular weight is 361 g/mol. The molecule has 1 aromatic rings.